The summed E-state index contributed by atoms with van der Waals surface area (Å²) in [6.45, 7) is 0.485. The minimum absolute atomic E-state index is 0.0831. The molecule has 0 radical (unpaired) electrons. The van der Waals surface area contributed by atoms with E-state index >= 15 is 0 Å². The fraction of sp³-hybridized carbons (Fsp3) is 0.182. The van der Waals surface area contributed by atoms with Gasteiger partial charge in [-0.1, -0.05) is 0 Å². The first kappa shape index (κ1) is 19.4. The summed E-state index contributed by atoms with van der Waals surface area (Å²) in [5, 5.41) is 5.93. The van der Waals surface area contributed by atoms with Crippen LogP contribution in [0.2, 0.25) is 0 Å². The molecule has 0 saturated carbocycles. The van der Waals surface area contributed by atoms with Gasteiger partial charge in [-0.05, 0) is 55.0 Å². The van der Waals surface area contributed by atoms with Crippen molar-refractivity contribution >= 4 is 40.1 Å². The Morgan fingerprint density at radius 2 is 1.80 bits per heavy atom. The molecule has 0 bridgehead atoms. The van der Waals surface area contributed by atoms with Gasteiger partial charge in [-0.15, -0.1) is 0 Å². The highest BCUT2D eigenvalue weighted by atomic mass is 16.4. The van der Waals surface area contributed by atoms with E-state index in [2.05, 4.69) is 10.6 Å². The van der Waals surface area contributed by atoms with Gasteiger partial charge in [0.25, 0.3) is 5.91 Å². The highest BCUT2D eigenvalue weighted by molar-refractivity contribution is 6.01. The van der Waals surface area contributed by atoms with E-state index in [0.29, 0.717) is 35.2 Å². The average molecular weight is 405 g/mol. The van der Waals surface area contributed by atoms with Gasteiger partial charge in [0, 0.05) is 41.4 Å². The van der Waals surface area contributed by atoms with Gasteiger partial charge in [-0.2, -0.15) is 0 Å². The Morgan fingerprint density at radius 3 is 2.53 bits per heavy atom. The number of hydrogen-bond acceptors (Lipinski definition) is 5. The van der Waals surface area contributed by atoms with Crippen molar-refractivity contribution in [3.05, 3.63) is 70.6 Å². The number of amides is 3. The first-order chi connectivity index (χ1) is 14.5. The molecule has 0 atom stereocenters. The summed E-state index contributed by atoms with van der Waals surface area (Å²) in [6, 6.07) is 14.5. The maximum Gasteiger partial charge on any atom is 0.336 e. The van der Waals surface area contributed by atoms with Crippen molar-refractivity contribution in [2.75, 3.05) is 23.3 Å². The summed E-state index contributed by atoms with van der Waals surface area (Å²) in [7, 11) is 0. The van der Waals surface area contributed by atoms with Crippen LogP contribution in [0.5, 0.6) is 0 Å². The molecule has 2 aromatic carbocycles. The molecule has 2 heterocycles. The molecule has 0 spiro atoms. The predicted octanol–water partition coefficient (Wildman–Crippen LogP) is 2.29. The van der Waals surface area contributed by atoms with Crippen LogP contribution in [0, 0.1) is 0 Å². The molecule has 1 aromatic heterocycles. The molecule has 1 fully saturated rings. The second-order valence-corrected chi connectivity index (χ2v) is 6.93. The van der Waals surface area contributed by atoms with Crippen molar-refractivity contribution in [3.8, 4) is 0 Å². The van der Waals surface area contributed by atoms with Crippen LogP contribution < -0.4 is 21.2 Å². The van der Waals surface area contributed by atoms with Gasteiger partial charge >= 0.3 is 5.63 Å². The van der Waals surface area contributed by atoms with Crippen LogP contribution in [-0.2, 0) is 9.59 Å². The molecule has 4 rings (SSSR count). The molecule has 2 N–H and O–H groups in total. The van der Waals surface area contributed by atoms with Gasteiger partial charge in [0.1, 0.15) is 5.58 Å². The Labute approximate surface area is 171 Å². The van der Waals surface area contributed by atoms with Crippen LogP contribution in [0.25, 0.3) is 11.0 Å². The molecule has 3 amide bonds. The maximum atomic E-state index is 12.3. The van der Waals surface area contributed by atoms with Crippen LogP contribution >= 0.6 is 0 Å². The van der Waals surface area contributed by atoms with Crippen LogP contribution in [0.3, 0.4) is 0 Å². The van der Waals surface area contributed by atoms with Gasteiger partial charge < -0.3 is 20.0 Å². The average Bonchev–Trinajstić information content (AvgIpc) is 3.18. The lowest BCUT2D eigenvalue weighted by Crippen LogP contribution is -2.32. The summed E-state index contributed by atoms with van der Waals surface area (Å²) < 4.78 is 5.05. The van der Waals surface area contributed by atoms with Gasteiger partial charge in [0.15, 0.2) is 0 Å². The third-order valence-electron chi connectivity index (χ3n) is 4.83. The highest BCUT2D eigenvalue weighted by Crippen LogP contribution is 2.21. The van der Waals surface area contributed by atoms with Crippen molar-refractivity contribution in [1.29, 1.82) is 0 Å². The van der Waals surface area contributed by atoms with Crippen molar-refractivity contribution in [1.82, 2.24) is 5.32 Å². The fourth-order valence-corrected chi connectivity index (χ4v) is 3.33. The molecule has 0 aliphatic carbocycles. The van der Waals surface area contributed by atoms with E-state index in [4.69, 9.17) is 4.42 Å². The topological polar surface area (TPSA) is 109 Å². The van der Waals surface area contributed by atoms with Gasteiger partial charge in [-0.3, -0.25) is 14.4 Å². The van der Waals surface area contributed by atoms with Crippen molar-refractivity contribution in [2.24, 2.45) is 0 Å². The third kappa shape index (κ3) is 4.22. The molecule has 152 valence electrons. The number of hydrogen-bond donors (Lipinski definition) is 2. The first-order valence-electron chi connectivity index (χ1n) is 9.52. The molecule has 0 unspecified atom stereocenters. The molecule has 30 heavy (non-hydrogen) atoms. The first-order valence-corrected chi connectivity index (χ1v) is 9.52. The van der Waals surface area contributed by atoms with Crippen LogP contribution in [0.1, 0.15) is 23.2 Å². The van der Waals surface area contributed by atoms with E-state index in [1.54, 1.807) is 53.4 Å². The van der Waals surface area contributed by atoms with E-state index in [0.717, 1.165) is 12.1 Å². The van der Waals surface area contributed by atoms with E-state index in [1.807, 2.05) is 0 Å². The lowest BCUT2D eigenvalue weighted by Gasteiger charge is -2.15. The second kappa shape index (κ2) is 8.20. The summed E-state index contributed by atoms with van der Waals surface area (Å²) in [5.41, 5.74) is 1.67. The van der Waals surface area contributed by atoms with Crippen LogP contribution in [-0.4, -0.2) is 30.8 Å². The number of nitrogens with one attached hydrogen (secondary N) is 2. The molecule has 3 aromatic rings. The number of fused-ring (bicyclic) bond motifs is 1. The zero-order chi connectivity index (χ0) is 21.1. The molecule has 8 nitrogen and oxygen atoms in total. The Hall–Kier alpha value is -3.94. The third-order valence-corrected chi connectivity index (χ3v) is 4.83. The molecule has 1 aliphatic heterocycles. The molecule has 1 aliphatic rings. The van der Waals surface area contributed by atoms with Gasteiger partial charge in [-0.25, -0.2) is 4.79 Å². The summed E-state index contributed by atoms with van der Waals surface area (Å²) in [5.74, 6) is -0.691. The number of carbonyl (C=O) groups is 3. The van der Waals surface area contributed by atoms with Crippen molar-refractivity contribution < 1.29 is 18.8 Å². The standard InChI is InChI=1S/C22H19N3O5/c26-19(24-16-6-9-18-15(12-16)5-10-21(28)30-18)13-23-22(29)14-3-7-17(8-4-14)25-11-1-2-20(25)27/h3-10,12H,1-2,11,13H2,(H,23,29)(H,24,26). The Morgan fingerprint density at radius 1 is 1.00 bits per heavy atom. The number of anilines is 2. The Balaban J connectivity index is 1.33. The molecule has 8 heteroatoms. The summed E-state index contributed by atoms with van der Waals surface area (Å²) in [4.78, 5) is 49.2. The second-order valence-electron chi connectivity index (χ2n) is 6.93. The molecular formula is C22H19N3O5. The fourth-order valence-electron chi connectivity index (χ4n) is 3.33. The zero-order valence-electron chi connectivity index (χ0n) is 16.0. The number of benzene rings is 2. The lowest BCUT2D eigenvalue weighted by molar-refractivity contribution is -0.117. The maximum absolute atomic E-state index is 12.3. The minimum atomic E-state index is -0.443. The van der Waals surface area contributed by atoms with Crippen molar-refractivity contribution in [3.63, 3.8) is 0 Å². The highest BCUT2D eigenvalue weighted by Gasteiger charge is 2.21. The van der Waals surface area contributed by atoms with E-state index < -0.39 is 5.63 Å². The Bertz CT molecular complexity index is 1180. The van der Waals surface area contributed by atoms with E-state index in [9.17, 15) is 19.2 Å². The SMILES string of the molecule is O=C(CNC(=O)c1ccc(N2CCCC2=O)cc1)Nc1ccc2oc(=O)ccc2c1. The number of nitrogens with zero attached hydrogens (tertiary/aromatic N) is 1. The van der Waals surface area contributed by atoms with Gasteiger partial charge in [0.05, 0.1) is 6.54 Å². The van der Waals surface area contributed by atoms with E-state index in [-0.39, 0.29) is 24.3 Å². The largest absolute Gasteiger partial charge is 0.423 e. The quantitative estimate of drug-likeness (QED) is 0.633. The van der Waals surface area contributed by atoms with Crippen LogP contribution in [0.4, 0.5) is 11.4 Å². The van der Waals surface area contributed by atoms with Crippen LogP contribution in [0.15, 0.2) is 63.8 Å². The normalized spacial score (nSPS) is 13.5. The summed E-state index contributed by atoms with van der Waals surface area (Å²) >= 11 is 0. The predicted molar refractivity (Wildman–Crippen MR) is 111 cm³/mol. The van der Waals surface area contributed by atoms with Crippen molar-refractivity contribution in [2.45, 2.75) is 12.8 Å². The minimum Gasteiger partial charge on any atom is -0.423 e. The smallest absolute Gasteiger partial charge is 0.336 e. The Kier molecular flexibility index (Phi) is 5.30. The summed E-state index contributed by atoms with van der Waals surface area (Å²) in [6.07, 6.45) is 1.38. The molecule has 1 saturated heterocycles. The monoisotopic (exact) mass is 405 g/mol. The number of carbonyl (C=O) groups excluding carboxylic acids is 3. The zero-order valence-corrected chi connectivity index (χ0v) is 16.0. The molecular weight excluding hydrogens is 386 g/mol. The van der Waals surface area contributed by atoms with Gasteiger partial charge in [0.2, 0.25) is 11.8 Å². The lowest BCUT2D eigenvalue weighted by atomic mass is 10.2. The number of rotatable bonds is 5. The van der Waals surface area contributed by atoms with E-state index in [1.165, 1.54) is 6.07 Å².